The molecule has 1 fully saturated rings. The summed E-state index contributed by atoms with van der Waals surface area (Å²) in [7, 11) is 0. The summed E-state index contributed by atoms with van der Waals surface area (Å²) in [5, 5.41) is 11.7. The Labute approximate surface area is 90.5 Å². The molecule has 0 spiro atoms. The molecule has 7 heteroatoms. The number of aromatic nitrogens is 2. The van der Waals surface area contributed by atoms with E-state index in [0.717, 1.165) is 0 Å². The Hall–Kier alpha value is -1.89. The fourth-order valence-electron chi connectivity index (χ4n) is 1.57. The lowest BCUT2D eigenvalue weighted by Gasteiger charge is -2.15. The van der Waals surface area contributed by atoms with Gasteiger partial charge in [0.15, 0.2) is 5.82 Å². The van der Waals surface area contributed by atoms with Crippen molar-refractivity contribution in [1.29, 1.82) is 0 Å². The summed E-state index contributed by atoms with van der Waals surface area (Å²) >= 11 is 0. The van der Waals surface area contributed by atoms with Crippen LogP contribution in [-0.4, -0.2) is 40.3 Å². The first-order valence-corrected chi connectivity index (χ1v) is 4.79. The predicted octanol–water partition coefficient (Wildman–Crippen LogP) is -0.719. The lowest BCUT2D eigenvalue weighted by molar-refractivity contribution is -0.141. The Morgan fingerprint density at radius 2 is 2.44 bits per heavy atom. The maximum Gasteiger partial charge on any atom is 0.311 e. The Morgan fingerprint density at radius 1 is 1.62 bits per heavy atom. The van der Waals surface area contributed by atoms with Gasteiger partial charge in [-0.25, -0.2) is 4.98 Å². The molecule has 0 radical (unpaired) electrons. The summed E-state index contributed by atoms with van der Waals surface area (Å²) in [6, 6.07) is -0.423. The molecule has 1 aromatic rings. The van der Waals surface area contributed by atoms with Crippen LogP contribution in [0.25, 0.3) is 0 Å². The van der Waals surface area contributed by atoms with Crippen molar-refractivity contribution in [3.05, 3.63) is 22.7 Å². The molecule has 1 aromatic heterocycles. The normalized spacial score (nSPS) is 24.2. The third kappa shape index (κ3) is 2.03. The van der Waals surface area contributed by atoms with E-state index in [4.69, 9.17) is 9.84 Å². The number of nitrogens with zero attached hydrogens (tertiary/aromatic N) is 1. The summed E-state index contributed by atoms with van der Waals surface area (Å²) in [5.41, 5.74) is -0.376. The first-order chi connectivity index (χ1) is 7.68. The van der Waals surface area contributed by atoms with Crippen LogP contribution in [0.3, 0.4) is 0 Å². The average molecular weight is 225 g/mol. The molecule has 16 heavy (non-hydrogen) atoms. The lowest BCUT2D eigenvalue weighted by Crippen LogP contribution is -2.35. The van der Waals surface area contributed by atoms with Crippen LogP contribution in [0.15, 0.2) is 17.2 Å². The number of aromatic amines is 1. The monoisotopic (exact) mass is 225 g/mol. The fourth-order valence-corrected chi connectivity index (χ4v) is 1.57. The highest BCUT2D eigenvalue weighted by atomic mass is 16.5. The number of carboxylic acid groups (broad SMARTS) is 1. The maximum atomic E-state index is 11.3. The summed E-state index contributed by atoms with van der Waals surface area (Å²) in [6.07, 6.45) is 2.84. The largest absolute Gasteiger partial charge is 0.481 e. The first kappa shape index (κ1) is 10.6. The summed E-state index contributed by atoms with van der Waals surface area (Å²) in [4.78, 5) is 28.5. The standard InChI is InChI=1S/C9H11N3O4/c13-8-7(10-1-2-11-8)12-6-4-16-3-5(6)9(14)15/h1-2,5-6H,3-4H2,(H,10,12)(H,11,13)(H,14,15). The molecule has 0 aliphatic carbocycles. The van der Waals surface area contributed by atoms with Gasteiger partial charge in [0.2, 0.25) is 0 Å². The van der Waals surface area contributed by atoms with Gasteiger partial charge < -0.3 is 20.1 Å². The van der Waals surface area contributed by atoms with Crippen molar-refractivity contribution in [2.24, 2.45) is 5.92 Å². The number of H-pyrrole nitrogens is 1. The molecule has 2 unspecified atom stereocenters. The van der Waals surface area contributed by atoms with Crippen LogP contribution >= 0.6 is 0 Å². The van der Waals surface area contributed by atoms with Crippen molar-refractivity contribution >= 4 is 11.8 Å². The van der Waals surface area contributed by atoms with E-state index in [9.17, 15) is 9.59 Å². The molecule has 0 saturated carbocycles. The van der Waals surface area contributed by atoms with E-state index < -0.39 is 17.9 Å². The van der Waals surface area contributed by atoms with Gasteiger partial charge in [-0.05, 0) is 0 Å². The number of rotatable bonds is 3. The van der Waals surface area contributed by atoms with Crippen LogP contribution < -0.4 is 10.9 Å². The van der Waals surface area contributed by atoms with Gasteiger partial charge in [-0.2, -0.15) is 0 Å². The average Bonchev–Trinajstić information content (AvgIpc) is 2.69. The van der Waals surface area contributed by atoms with E-state index in [-0.39, 0.29) is 24.6 Å². The smallest absolute Gasteiger partial charge is 0.311 e. The molecule has 0 aromatic carbocycles. The van der Waals surface area contributed by atoms with E-state index in [0.29, 0.717) is 0 Å². The van der Waals surface area contributed by atoms with Crippen molar-refractivity contribution < 1.29 is 14.6 Å². The maximum absolute atomic E-state index is 11.3. The van der Waals surface area contributed by atoms with E-state index in [1.54, 1.807) is 0 Å². The second-order valence-electron chi connectivity index (χ2n) is 3.50. The molecule has 3 N–H and O–H groups in total. The van der Waals surface area contributed by atoms with Crippen molar-refractivity contribution in [2.45, 2.75) is 6.04 Å². The summed E-state index contributed by atoms with van der Waals surface area (Å²) < 4.78 is 5.06. The Bertz CT molecular complexity index is 444. The van der Waals surface area contributed by atoms with Crippen molar-refractivity contribution in [2.75, 3.05) is 18.5 Å². The highest BCUT2D eigenvalue weighted by Gasteiger charge is 2.34. The van der Waals surface area contributed by atoms with Crippen molar-refractivity contribution in [3.8, 4) is 0 Å². The molecule has 0 bridgehead atoms. The molecule has 7 nitrogen and oxygen atoms in total. The zero-order valence-corrected chi connectivity index (χ0v) is 8.34. The molecule has 2 atom stereocenters. The first-order valence-electron chi connectivity index (χ1n) is 4.79. The third-order valence-electron chi connectivity index (χ3n) is 2.43. The zero-order chi connectivity index (χ0) is 11.5. The van der Waals surface area contributed by atoms with Crippen LogP contribution in [0.5, 0.6) is 0 Å². The minimum atomic E-state index is -0.942. The molecular formula is C9H11N3O4. The molecule has 0 amide bonds. The quantitative estimate of drug-likeness (QED) is 0.627. The van der Waals surface area contributed by atoms with Gasteiger partial charge in [0.05, 0.1) is 19.3 Å². The third-order valence-corrected chi connectivity index (χ3v) is 2.43. The Morgan fingerprint density at radius 3 is 3.12 bits per heavy atom. The minimum absolute atomic E-state index is 0.115. The Kier molecular flexibility index (Phi) is 2.86. The van der Waals surface area contributed by atoms with Crippen LogP contribution in [0.2, 0.25) is 0 Å². The second-order valence-corrected chi connectivity index (χ2v) is 3.50. The number of nitrogens with one attached hydrogen (secondary N) is 2. The number of anilines is 1. The number of carboxylic acids is 1. The van der Waals surface area contributed by atoms with Crippen molar-refractivity contribution in [1.82, 2.24) is 9.97 Å². The molecule has 1 aliphatic heterocycles. The van der Waals surface area contributed by atoms with Crippen LogP contribution in [-0.2, 0) is 9.53 Å². The SMILES string of the molecule is O=C(O)C1COCC1Nc1ncc[nH]c1=O. The summed E-state index contributed by atoms with van der Waals surface area (Å²) in [5.74, 6) is -1.48. The van der Waals surface area contributed by atoms with Gasteiger partial charge in [0.1, 0.15) is 5.92 Å². The van der Waals surface area contributed by atoms with Gasteiger partial charge in [0, 0.05) is 12.4 Å². The molecule has 1 aliphatic rings. The number of carbonyl (C=O) groups is 1. The van der Waals surface area contributed by atoms with Gasteiger partial charge in [-0.3, -0.25) is 9.59 Å². The number of hydrogen-bond acceptors (Lipinski definition) is 5. The van der Waals surface area contributed by atoms with Gasteiger partial charge >= 0.3 is 5.97 Å². The summed E-state index contributed by atoms with van der Waals surface area (Å²) in [6.45, 7) is 0.407. The minimum Gasteiger partial charge on any atom is -0.481 e. The number of aliphatic carboxylic acids is 1. The van der Waals surface area contributed by atoms with Crippen LogP contribution in [0.4, 0.5) is 5.82 Å². The van der Waals surface area contributed by atoms with Crippen LogP contribution in [0, 0.1) is 5.92 Å². The van der Waals surface area contributed by atoms with Crippen LogP contribution in [0.1, 0.15) is 0 Å². The van der Waals surface area contributed by atoms with Gasteiger partial charge in [-0.15, -0.1) is 0 Å². The van der Waals surface area contributed by atoms with Gasteiger partial charge in [0.25, 0.3) is 5.56 Å². The highest BCUT2D eigenvalue weighted by Crippen LogP contribution is 2.16. The molecular weight excluding hydrogens is 214 g/mol. The van der Waals surface area contributed by atoms with E-state index in [2.05, 4.69) is 15.3 Å². The van der Waals surface area contributed by atoms with Crippen molar-refractivity contribution in [3.63, 3.8) is 0 Å². The molecule has 86 valence electrons. The number of hydrogen-bond donors (Lipinski definition) is 3. The molecule has 2 heterocycles. The van der Waals surface area contributed by atoms with Gasteiger partial charge in [-0.1, -0.05) is 0 Å². The highest BCUT2D eigenvalue weighted by molar-refractivity contribution is 5.72. The van der Waals surface area contributed by atoms with E-state index >= 15 is 0 Å². The number of ether oxygens (including phenoxy) is 1. The lowest BCUT2D eigenvalue weighted by atomic mass is 10.0. The predicted molar refractivity (Wildman–Crippen MR) is 54.2 cm³/mol. The Balaban J connectivity index is 2.13. The molecule has 2 rings (SSSR count). The van der Waals surface area contributed by atoms with E-state index in [1.807, 2.05) is 0 Å². The molecule has 1 saturated heterocycles. The second kappa shape index (κ2) is 4.31. The topological polar surface area (TPSA) is 104 Å². The zero-order valence-electron chi connectivity index (χ0n) is 8.34. The fraction of sp³-hybridized carbons (Fsp3) is 0.444. The van der Waals surface area contributed by atoms with E-state index in [1.165, 1.54) is 12.4 Å².